The van der Waals surface area contributed by atoms with Crippen LogP contribution in [0.4, 0.5) is 5.69 Å². The summed E-state index contributed by atoms with van der Waals surface area (Å²) in [4.78, 5) is 12.0. The summed E-state index contributed by atoms with van der Waals surface area (Å²) in [5, 5.41) is 3.28. The number of amides is 1. The second-order valence-electron chi connectivity index (χ2n) is 4.67. The second kappa shape index (κ2) is 5.42. The summed E-state index contributed by atoms with van der Waals surface area (Å²) < 4.78 is 23.4. The van der Waals surface area contributed by atoms with Gasteiger partial charge in [-0.25, -0.2) is 8.42 Å². The van der Waals surface area contributed by atoms with Gasteiger partial charge in [0.2, 0.25) is 5.91 Å². The molecule has 1 saturated heterocycles. The number of sulfone groups is 1. The largest absolute Gasteiger partial charge is 0.325 e. The lowest BCUT2D eigenvalue weighted by Crippen LogP contribution is -2.23. The molecule has 0 bridgehead atoms. The van der Waals surface area contributed by atoms with E-state index in [2.05, 4.69) is 21.2 Å². The zero-order chi connectivity index (χ0) is 14.2. The number of anilines is 1. The van der Waals surface area contributed by atoms with Crippen LogP contribution in [-0.2, 0) is 14.6 Å². The zero-order valence-electron chi connectivity index (χ0n) is 10.2. The first-order valence-electron chi connectivity index (χ1n) is 5.75. The number of benzene rings is 1. The van der Waals surface area contributed by atoms with E-state index in [0.29, 0.717) is 17.1 Å². The van der Waals surface area contributed by atoms with Crippen LogP contribution in [0.2, 0.25) is 5.02 Å². The Labute approximate surface area is 125 Å². The summed E-state index contributed by atoms with van der Waals surface area (Å²) in [6.45, 7) is 1.86. The van der Waals surface area contributed by atoms with Gasteiger partial charge in [0.15, 0.2) is 9.84 Å². The molecule has 104 valence electrons. The third-order valence-corrected chi connectivity index (χ3v) is 5.94. The highest BCUT2D eigenvalue weighted by Gasteiger charge is 2.33. The van der Waals surface area contributed by atoms with Crippen molar-refractivity contribution in [3.63, 3.8) is 0 Å². The van der Waals surface area contributed by atoms with Crippen LogP contribution in [0, 0.1) is 12.8 Å². The lowest BCUT2D eigenvalue weighted by molar-refractivity contribution is -0.119. The molecule has 0 aromatic heterocycles. The first kappa shape index (κ1) is 14.8. The number of halogens is 2. The average Bonchev–Trinajstić information content (AvgIpc) is 2.66. The van der Waals surface area contributed by atoms with Crippen molar-refractivity contribution in [1.82, 2.24) is 0 Å². The highest BCUT2D eigenvalue weighted by atomic mass is 79.9. The van der Waals surface area contributed by atoms with Crippen LogP contribution in [0.5, 0.6) is 0 Å². The van der Waals surface area contributed by atoms with Crippen molar-refractivity contribution in [2.24, 2.45) is 5.92 Å². The predicted molar refractivity (Wildman–Crippen MR) is 79.3 cm³/mol. The standard InChI is InChI=1S/C12H13BrClNO3S/c1-7-4-9(13)11(5-10(7)14)15-12(16)8-2-3-19(17,18)6-8/h4-5,8H,2-3,6H2,1H3,(H,15,16). The topological polar surface area (TPSA) is 63.2 Å². The molecule has 4 nitrogen and oxygen atoms in total. The lowest BCUT2D eigenvalue weighted by Gasteiger charge is -2.12. The summed E-state index contributed by atoms with van der Waals surface area (Å²) in [6, 6.07) is 3.46. The van der Waals surface area contributed by atoms with E-state index >= 15 is 0 Å². The van der Waals surface area contributed by atoms with Gasteiger partial charge < -0.3 is 5.32 Å². The van der Waals surface area contributed by atoms with Gasteiger partial charge in [-0.3, -0.25) is 4.79 Å². The minimum absolute atomic E-state index is 0.0734. The van der Waals surface area contributed by atoms with Gasteiger partial charge in [0.25, 0.3) is 0 Å². The van der Waals surface area contributed by atoms with E-state index < -0.39 is 15.8 Å². The van der Waals surface area contributed by atoms with Gasteiger partial charge in [0, 0.05) is 9.50 Å². The second-order valence-corrected chi connectivity index (χ2v) is 8.16. The van der Waals surface area contributed by atoms with Crippen molar-refractivity contribution >= 4 is 49.0 Å². The molecule has 1 aromatic carbocycles. The Hall–Kier alpha value is -0.590. The minimum Gasteiger partial charge on any atom is -0.325 e. The SMILES string of the molecule is Cc1cc(Br)c(NC(=O)C2CCS(=O)(=O)C2)cc1Cl. The Morgan fingerprint density at radius 3 is 2.74 bits per heavy atom. The van der Waals surface area contributed by atoms with Crippen molar-refractivity contribution in [2.45, 2.75) is 13.3 Å². The number of aryl methyl sites for hydroxylation is 1. The maximum Gasteiger partial charge on any atom is 0.228 e. The molecule has 0 saturated carbocycles. The van der Waals surface area contributed by atoms with Crippen LogP contribution in [0.15, 0.2) is 16.6 Å². The molecule has 1 amide bonds. The molecule has 0 radical (unpaired) electrons. The molecule has 1 fully saturated rings. The Balaban J connectivity index is 2.14. The Morgan fingerprint density at radius 1 is 1.47 bits per heavy atom. The van der Waals surface area contributed by atoms with Gasteiger partial charge in [-0.05, 0) is 47.0 Å². The van der Waals surface area contributed by atoms with Crippen LogP contribution in [0.1, 0.15) is 12.0 Å². The lowest BCUT2D eigenvalue weighted by atomic mass is 10.1. The summed E-state index contributed by atoms with van der Waals surface area (Å²) in [7, 11) is -3.06. The molecular formula is C12H13BrClNO3S. The van der Waals surface area contributed by atoms with E-state index in [-0.39, 0.29) is 17.4 Å². The molecule has 1 N–H and O–H groups in total. The summed E-state index contributed by atoms with van der Waals surface area (Å²) in [5.41, 5.74) is 1.46. The maximum absolute atomic E-state index is 12.0. The maximum atomic E-state index is 12.0. The smallest absolute Gasteiger partial charge is 0.228 e. The molecule has 0 spiro atoms. The van der Waals surface area contributed by atoms with E-state index in [4.69, 9.17) is 11.6 Å². The predicted octanol–water partition coefficient (Wildman–Crippen LogP) is 2.78. The molecule has 1 aliphatic heterocycles. The molecule has 19 heavy (non-hydrogen) atoms. The average molecular weight is 367 g/mol. The van der Waals surface area contributed by atoms with Crippen LogP contribution in [-0.4, -0.2) is 25.8 Å². The molecule has 0 aliphatic carbocycles. The van der Waals surface area contributed by atoms with Crippen molar-refractivity contribution in [3.05, 3.63) is 27.2 Å². The van der Waals surface area contributed by atoms with Gasteiger partial charge >= 0.3 is 0 Å². The van der Waals surface area contributed by atoms with Gasteiger partial charge in [0.05, 0.1) is 23.1 Å². The van der Waals surface area contributed by atoms with Gasteiger partial charge in [-0.2, -0.15) is 0 Å². The Morgan fingerprint density at radius 2 is 2.16 bits per heavy atom. The van der Waals surface area contributed by atoms with Crippen LogP contribution < -0.4 is 5.32 Å². The summed E-state index contributed by atoms with van der Waals surface area (Å²) in [5.74, 6) is -0.740. The molecule has 1 unspecified atom stereocenters. The summed E-state index contributed by atoms with van der Waals surface area (Å²) in [6.07, 6.45) is 0.380. The quantitative estimate of drug-likeness (QED) is 0.875. The van der Waals surface area contributed by atoms with E-state index in [1.54, 1.807) is 6.07 Å². The molecule has 2 rings (SSSR count). The number of carbonyl (C=O) groups is 1. The normalized spacial score (nSPS) is 21.3. The first-order chi connectivity index (χ1) is 8.78. The summed E-state index contributed by atoms with van der Waals surface area (Å²) >= 11 is 9.36. The van der Waals surface area contributed by atoms with E-state index in [0.717, 1.165) is 10.0 Å². The van der Waals surface area contributed by atoms with Gasteiger partial charge in [0.1, 0.15) is 0 Å². The minimum atomic E-state index is -3.06. The highest BCUT2D eigenvalue weighted by molar-refractivity contribution is 9.10. The molecule has 1 atom stereocenters. The molecule has 7 heteroatoms. The monoisotopic (exact) mass is 365 g/mol. The first-order valence-corrected chi connectivity index (χ1v) is 8.74. The van der Waals surface area contributed by atoms with Crippen molar-refractivity contribution in [1.29, 1.82) is 0 Å². The fourth-order valence-corrected chi connectivity index (χ4v) is 4.44. The van der Waals surface area contributed by atoms with Crippen LogP contribution in [0.25, 0.3) is 0 Å². The van der Waals surface area contributed by atoms with Gasteiger partial charge in [-0.15, -0.1) is 0 Å². The van der Waals surface area contributed by atoms with Crippen molar-refractivity contribution < 1.29 is 13.2 Å². The number of carbonyl (C=O) groups excluding carboxylic acids is 1. The van der Waals surface area contributed by atoms with Gasteiger partial charge in [-0.1, -0.05) is 11.6 Å². The van der Waals surface area contributed by atoms with E-state index in [1.165, 1.54) is 0 Å². The molecular weight excluding hydrogens is 354 g/mol. The van der Waals surface area contributed by atoms with Crippen molar-refractivity contribution in [2.75, 3.05) is 16.8 Å². The number of rotatable bonds is 2. The number of hydrogen-bond donors (Lipinski definition) is 1. The fraction of sp³-hybridized carbons (Fsp3) is 0.417. The number of hydrogen-bond acceptors (Lipinski definition) is 3. The zero-order valence-corrected chi connectivity index (χ0v) is 13.4. The molecule has 1 aromatic rings. The third-order valence-electron chi connectivity index (χ3n) is 3.11. The third kappa shape index (κ3) is 3.49. The van der Waals surface area contributed by atoms with Crippen molar-refractivity contribution in [3.8, 4) is 0 Å². The number of nitrogens with one attached hydrogen (secondary N) is 1. The van der Waals surface area contributed by atoms with Crippen LogP contribution >= 0.6 is 27.5 Å². The molecule has 1 heterocycles. The fourth-order valence-electron chi connectivity index (χ4n) is 1.98. The Kier molecular flexibility index (Phi) is 4.23. The molecule has 1 aliphatic rings. The van der Waals surface area contributed by atoms with E-state index in [9.17, 15) is 13.2 Å². The Bertz CT molecular complexity index is 630. The highest BCUT2D eigenvalue weighted by Crippen LogP contribution is 2.30. The van der Waals surface area contributed by atoms with E-state index in [1.807, 2.05) is 13.0 Å². The van der Waals surface area contributed by atoms with Crippen LogP contribution in [0.3, 0.4) is 0 Å².